The quantitative estimate of drug-likeness (QED) is 0.710. The Balaban J connectivity index is 1.50. The molecule has 0 aromatic heterocycles. The molecule has 1 aliphatic heterocycles. The van der Waals surface area contributed by atoms with Gasteiger partial charge in [0.05, 0.1) is 17.2 Å². The van der Waals surface area contributed by atoms with Crippen molar-refractivity contribution in [3.8, 4) is 6.07 Å². The number of hydrogen-bond donors (Lipinski definition) is 2. The molecule has 1 amide bonds. The number of alkyl halides is 3. The van der Waals surface area contributed by atoms with Crippen LogP contribution >= 0.6 is 12.2 Å². The van der Waals surface area contributed by atoms with Crippen molar-refractivity contribution >= 4 is 23.2 Å². The first-order valence-corrected chi connectivity index (χ1v) is 9.65. The van der Waals surface area contributed by atoms with E-state index < -0.39 is 17.8 Å². The Hall–Kier alpha value is -3.12. The molecule has 156 valence electrons. The van der Waals surface area contributed by atoms with Gasteiger partial charge in [0, 0.05) is 19.6 Å². The number of nitrogens with zero attached hydrogens (tertiary/aromatic N) is 2. The first kappa shape index (κ1) is 21.6. The van der Waals surface area contributed by atoms with E-state index in [2.05, 4.69) is 16.7 Å². The van der Waals surface area contributed by atoms with E-state index in [0.29, 0.717) is 30.6 Å². The normalized spacial score (nSPS) is 16.3. The van der Waals surface area contributed by atoms with E-state index in [-0.39, 0.29) is 17.6 Å². The number of rotatable bonds is 5. The third-order valence-corrected chi connectivity index (χ3v) is 5.03. The van der Waals surface area contributed by atoms with Gasteiger partial charge in [-0.3, -0.25) is 4.79 Å². The van der Waals surface area contributed by atoms with E-state index in [0.717, 1.165) is 17.7 Å². The van der Waals surface area contributed by atoms with Gasteiger partial charge in [0.25, 0.3) is 0 Å². The molecule has 1 aliphatic rings. The second kappa shape index (κ2) is 9.13. The molecule has 0 bridgehead atoms. The number of thiocarbonyl (C=S) groups is 1. The van der Waals surface area contributed by atoms with E-state index >= 15 is 0 Å². The van der Waals surface area contributed by atoms with Crippen LogP contribution in [-0.2, 0) is 24.1 Å². The second-order valence-electron chi connectivity index (χ2n) is 6.93. The maximum atomic E-state index is 12.8. The summed E-state index contributed by atoms with van der Waals surface area (Å²) in [6.45, 7) is 1.12. The van der Waals surface area contributed by atoms with Crippen LogP contribution in [-0.4, -0.2) is 28.5 Å². The molecule has 1 unspecified atom stereocenters. The Labute approximate surface area is 177 Å². The molecule has 0 spiro atoms. The molecule has 0 aliphatic carbocycles. The molecular formula is C21H19F3N4OS. The SMILES string of the molecule is N#Cc1ccc(CN2CCC(NC(=S)NCc3cccc(C(F)(F)F)c3)C2=O)cc1. The van der Waals surface area contributed by atoms with Crippen molar-refractivity contribution in [2.24, 2.45) is 0 Å². The molecule has 1 atom stereocenters. The summed E-state index contributed by atoms with van der Waals surface area (Å²) in [6, 6.07) is 13.6. The summed E-state index contributed by atoms with van der Waals surface area (Å²) in [6.07, 6.45) is -3.83. The Morgan fingerprint density at radius 2 is 1.93 bits per heavy atom. The number of amides is 1. The van der Waals surface area contributed by atoms with E-state index in [1.54, 1.807) is 23.1 Å². The number of nitriles is 1. The molecule has 1 saturated heterocycles. The molecule has 1 fully saturated rings. The van der Waals surface area contributed by atoms with Gasteiger partial charge in [-0.25, -0.2) is 0 Å². The molecule has 0 saturated carbocycles. The van der Waals surface area contributed by atoms with E-state index in [4.69, 9.17) is 17.5 Å². The summed E-state index contributed by atoms with van der Waals surface area (Å²) in [5.41, 5.74) is 1.20. The third-order valence-electron chi connectivity index (χ3n) is 4.77. The van der Waals surface area contributed by atoms with Crippen molar-refractivity contribution in [1.82, 2.24) is 15.5 Å². The number of hydrogen-bond acceptors (Lipinski definition) is 3. The second-order valence-corrected chi connectivity index (χ2v) is 7.34. The number of benzene rings is 2. The molecule has 30 heavy (non-hydrogen) atoms. The maximum absolute atomic E-state index is 12.8. The van der Waals surface area contributed by atoms with Crippen LogP contribution in [0.4, 0.5) is 13.2 Å². The molecule has 3 rings (SSSR count). The van der Waals surface area contributed by atoms with Crippen LogP contribution in [0.25, 0.3) is 0 Å². The molecule has 9 heteroatoms. The maximum Gasteiger partial charge on any atom is 0.416 e. The van der Waals surface area contributed by atoms with Crippen molar-refractivity contribution < 1.29 is 18.0 Å². The lowest BCUT2D eigenvalue weighted by Crippen LogP contribution is -2.45. The molecule has 1 heterocycles. The highest BCUT2D eigenvalue weighted by Crippen LogP contribution is 2.29. The molecule has 2 N–H and O–H groups in total. The van der Waals surface area contributed by atoms with Gasteiger partial charge in [0.2, 0.25) is 5.91 Å². The van der Waals surface area contributed by atoms with Crippen molar-refractivity contribution in [3.05, 3.63) is 70.8 Å². The van der Waals surface area contributed by atoms with Gasteiger partial charge in [-0.2, -0.15) is 18.4 Å². The average Bonchev–Trinajstić information content (AvgIpc) is 3.06. The molecular weight excluding hydrogens is 413 g/mol. The first-order chi connectivity index (χ1) is 14.3. The molecule has 0 radical (unpaired) electrons. The van der Waals surface area contributed by atoms with Crippen LogP contribution in [0, 0.1) is 11.3 Å². The number of likely N-dealkylation sites (tertiary alicyclic amines) is 1. The zero-order valence-corrected chi connectivity index (χ0v) is 16.7. The molecule has 2 aromatic carbocycles. The zero-order chi connectivity index (χ0) is 21.7. The predicted octanol–water partition coefficient (Wildman–Crippen LogP) is 3.34. The lowest BCUT2D eigenvalue weighted by Gasteiger charge is -2.18. The fourth-order valence-corrected chi connectivity index (χ4v) is 3.40. The van der Waals surface area contributed by atoms with Crippen LogP contribution in [0.3, 0.4) is 0 Å². The highest BCUT2D eigenvalue weighted by atomic mass is 32.1. The van der Waals surface area contributed by atoms with Crippen LogP contribution in [0.5, 0.6) is 0 Å². The molecule has 5 nitrogen and oxygen atoms in total. The summed E-state index contributed by atoms with van der Waals surface area (Å²) in [7, 11) is 0. The van der Waals surface area contributed by atoms with Gasteiger partial charge in [-0.1, -0.05) is 24.3 Å². The topological polar surface area (TPSA) is 68.2 Å². The summed E-state index contributed by atoms with van der Waals surface area (Å²) in [4.78, 5) is 14.3. The van der Waals surface area contributed by atoms with Crippen molar-refractivity contribution in [3.63, 3.8) is 0 Å². The minimum atomic E-state index is -4.40. The highest BCUT2D eigenvalue weighted by molar-refractivity contribution is 7.80. The third kappa shape index (κ3) is 5.48. The summed E-state index contributed by atoms with van der Waals surface area (Å²) < 4.78 is 38.4. The van der Waals surface area contributed by atoms with Crippen LogP contribution in [0.1, 0.15) is 28.7 Å². The van der Waals surface area contributed by atoms with Crippen LogP contribution in [0.15, 0.2) is 48.5 Å². The standard InChI is InChI=1S/C21H19F3N4OS/c22-21(23,24)17-3-1-2-16(10-17)12-26-20(30)27-18-8-9-28(19(18)29)13-15-6-4-14(11-25)5-7-15/h1-7,10,18H,8-9,12-13H2,(H2,26,27,30). The first-order valence-electron chi connectivity index (χ1n) is 9.24. The lowest BCUT2D eigenvalue weighted by molar-refractivity contribution is -0.137. The van der Waals surface area contributed by atoms with Gasteiger partial charge in [0.15, 0.2) is 5.11 Å². The Kier molecular flexibility index (Phi) is 6.57. The van der Waals surface area contributed by atoms with Gasteiger partial charge in [0.1, 0.15) is 6.04 Å². The summed E-state index contributed by atoms with van der Waals surface area (Å²) in [5, 5.41) is 14.9. The van der Waals surface area contributed by atoms with Gasteiger partial charge in [-0.15, -0.1) is 0 Å². The predicted molar refractivity (Wildman–Crippen MR) is 109 cm³/mol. The van der Waals surface area contributed by atoms with Gasteiger partial charge >= 0.3 is 6.18 Å². The average molecular weight is 432 g/mol. The number of carbonyl (C=O) groups is 1. The fourth-order valence-electron chi connectivity index (χ4n) is 3.18. The summed E-state index contributed by atoms with van der Waals surface area (Å²) >= 11 is 5.20. The Morgan fingerprint density at radius 1 is 1.20 bits per heavy atom. The summed E-state index contributed by atoms with van der Waals surface area (Å²) in [5.74, 6) is -0.0948. The van der Waals surface area contributed by atoms with Crippen LogP contribution in [0.2, 0.25) is 0 Å². The van der Waals surface area contributed by atoms with Crippen molar-refractivity contribution in [2.75, 3.05) is 6.54 Å². The number of carbonyl (C=O) groups excluding carboxylic acids is 1. The Morgan fingerprint density at radius 3 is 2.60 bits per heavy atom. The lowest BCUT2D eigenvalue weighted by atomic mass is 10.1. The minimum Gasteiger partial charge on any atom is -0.359 e. The van der Waals surface area contributed by atoms with Crippen molar-refractivity contribution in [2.45, 2.75) is 31.7 Å². The fraction of sp³-hybridized carbons (Fsp3) is 0.286. The number of halogens is 3. The largest absolute Gasteiger partial charge is 0.416 e. The zero-order valence-electron chi connectivity index (χ0n) is 15.9. The highest BCUT2D eigenvalue weighted by Gasteiger charge is 2.32. The minimum absolute atomic E-state index is 0.0948. The van der Waals surface area contributed by atoms with E-state index in [1.165, 1.54) is 6.07 Å². The monoisotopic (exact) mass is 432 g/mol. The van der Waals surface area contributed by atoms with Gasteiger partial charge in [-0.05, 0) is 54.0 Å². The number of nitrogens with one attached hydrogen (secondary N) is 2. The van der Waals surface area contributed by atoms with Crippen LogP contribution < -0.4 is 10.6 Å². The van der Waals surface area contributed by atoms with Gasteiger partial charge < -0.3 is 15.5 Å². The van der Waals surface area contributed by atoms with Crippen molar-refractivity contribution in [1.29, 1.82) is 5.26 Å². The smallest absolute Gasteiger partial charge is 0.359 e. The molecule has 2 aromatic rings. The van der Waals surface area contributed by atoms with E-state index in [1.807, 2.05) is 12.1 Å². The Bertz CT molecular complexity index is 969. The van der Waals surface area contributed by atoms with E-state index in [9.17, 15) is 18.0 Å².